The van der Waals surface area contributed by atoms with Crippen LogP contribution in [-0.4, -0.2) is 15.9 Å². The van der Waals surface area contributed by atoms with E-state index in [2.05, 4.69) is 27.4 Å². The van der Waals surface area contributed by atoms with Gasteiger partial charge in [0.15, 0.2) is 0 Å². The maximum atomic E-state index is 12.2. The van der Waals surface area contributed by atoms with Crippen LogP contribution in [0.4, 0.5) is 0 Å². The molecule has 2 N–H and O–H groups in total. The summed E-state index contributed by atoms with van der Waals surface area (Å²) in [5.74, 6) is 1.16. The molecule has 1 heterocycles. The molecule has 0 aliphatic heterocycles. The Labute approximate surface area is 134 Å². The lowest BCUT2D eigenvalue weighted by atomic mass is 10.1. The zero-order chi connectivity index (χ0) is 15.6. The van der Waals surface area contributed by atoms with Gasteiger partial charge >= 0.3 is 0 Å². The second-order valence-corrected chi connectivity index (χ2v) is 6.16. The highest BCUT2D eigenvalue weighted by Crippen LogP contribution is 2.30. The summed E-state index contributed by atoms with van der Waals surface area (Å²) in [4.78, 5) is 20.3. The molecule has 1 amide bonds. The minimum Gasteiger partial charge on any atom is -0.346 e. The Kier molecular flexibility index (Phi) is 3.58. The van der Waals surface area contributed by atoms with Gasteiger partial charge in [-0.25, -0.2) is 4.98 Å². The first-order chi connectivity index (χ1) is 11.3. The maximum absolute atomic E-state index is 12.2. The molecule has 1 aromatic heterocycles. The van der Waals surface area contributed by atoms with Gasteiger partial charge in [-0.1, -0.05) is 42.5 Å². The molecule has 1 aliphatic rings. The van der Waals surface area contributed by atoms with Gasteiger partial charge in [0, 0.05) is 5.92 Å². The van der Waals surface area contributed by atoms with Crippen LogP contribution in [0.1, 0.15) is 30.3 Å². The highest BCUT2D eigenvalue weighted by atomic mass is 16.2. The number of carbonyl (C=O) groups excluding carboxylic acids is 1. The van der Waals surface area contributed by atoms with E-state index >= 15 is 0 Å². The predicted molar refractivity (Wildman–Crippen MR) is 89.8 cm³/mol. The van der Waals surface area contributed by atoms with E-state index in [9.17, 15) is 4.79 Å². The summed E-state index contributed by atoms with van der Waals surface area (Å²) < 4.78 is 0. The van der Waals surface area contributed by atoms with Crippen molar-refractivity contribution < 1.29 is 4.79 Å². The lowest BCUT2D eigenvalue weighted by Gasteiger charge is -2.17. The fraction of sp³-hybridized carbons (Fsp3) is 0.263. The van der Waals surface area contributed by atoms with Gasteiger partial charge in [-0.2, -0.15) is 0 Å². The largest absolute Gasteiger partial charge is 0.346 e. The molecule has 4 nitrogen and oxygen atoms in total. The number of nitrogens with one attached hydrogen (secondary N) is 2. The second kappa shape index (κ2) is 5.88. The molecule has 4 rings (SSSR count). The highest BCUT2D eigenvalue weighted by molar-refractivity contribution is 5.81. The summed E-state index contributed by atoms with van der Waals surface area (Å²) in [6, 6.07) is 18.0. The van der Waals surface area contributed by atoms with E-state index in [4.69, 9.17) is 0 Å². The lowest BCUT2D eigenvalue weighted by Crippen LogP contribution is -2.31. The summed E-state index contributed by atoms with van der Waals surface area (Å²) in [6.07, 6.45) is 2.74. The van der Waals surface area contributed by atoms with Crippen LogP contribution in [-0.2, 0) is 11.2 Å². The van der Waals surface area contributed by atoms with Crippen molar-refractivity contribution in [2.45, 2.75) is 25.3 Å². The Morgan fingerprint density at radius 3 is 2.61 bits per heavy atom. The normalized spacial score (nSPS) is 15.5. The van der Waals surface area contributed by atoms with E-state index in [0.29, 0.717) is 0 Å². The Morgan fingerprint density at radius 1 is 1.13 bits per heavy atom. The van der Waals surface area contributed by atoms with Crippen molar-refractivity contribution in [1.82, 2.24) is 15.3 Å². The SMILES string of the molecule is O=C(NC(Cc1ccccc1)c1nc2ccccc2[nH]1)C1CC1. The zero-order valence-electron chi connectivity index (χ0n) is 12.8. The molecule has 0 radical (unpaired) electrons. The van der Waals surface area contributed by atoms with Crippen molar-refractivity contribution in [1.29, 1.82) is 0 Å². The highest BCUT2D eigenvalue weighted by Gasteiger charge is 2.31. The van der Waals surface area contributed by atoms with Crippen molar-refractivity contribution >= 4 is 16.9 Å². The maximum Gasteiger partial charge on any atom is 0.223 e. The van der Waals surface area contributed by atoms with Crippen LogP contribution in [0.15, 0.2) is 54.6 Å². The van der Waals surface area contributed by atoms with Crippen LogP contribution >= 0.6 is 0 Å². The Bertz CT molecular complexity index is 788. The summed E-state index contributed by atoms with van der Waals surface area (Å²) >= 11 is 0. The van der Waals surface area contributed by atoms with E-state index in [1.807, 2.05) is 42.5 Å². The number of hydrogen-bond acceptors (Lipinski definition) is 2. The predicted octanol–water partition coefficient (Wildman–Crippen LogP) is 3.37. The number of carbonyl (C=O) groups is 1. The Hall–Kier alpha value is -2.62. The molecule has 0 saturated heterocycles. The standard InChI is InChI=1S/C19H19N3O/c23-19(14-10-11-14)22-17(12-13-6-2-1-3-7-13)18-20-15-8-4-5-9-16(15)21-18/h1-9,14,17H,10-12H2,(H,20,21)(H,22,23). The van der Waals surface area contributed by atoms with Gasteiger partial charge in [0.2, 0.25) is 5.91 Å². The Balaban J connectivity index is 1.63. The van der Waals surface area contributed by atoms with Gasteiger partial charge in [0.25, 0.3) is 0 Å². The molecular formula is C19H19N3O. The molecule has 1 unspecified atom stereocenters. The first-order valence-electron chi connectivity index (χ1n) is 8.08. The molecule has 0 bridgehead atoms. The van der Waals surface area contributed by atoms with Crippen molar-refractivity contribution in [3.05, 3.63) is 66.0 Å². The van der Waals surface area contributed by atoms with Crippen molar-refractivity contribution in [2.24, 2.45) is 5.92 Å². The van der Waals surface area contributed by atoms with Gasteiger partial charge in [-0.05, 0) is 37.0 Å². The second-order valence-electron chi connectivity index (χ2n) is 6.16. The van der Waals surface area contributed by atoms with Crippen LogP contribution in [0.2, 0.25) is 0 Å². The molecule has 0 spiro atoms. The minimum absolute atomic E-state index is 0.127. The van der Waals surface area contributed by atoms with Crippen molar-refractivity contribution in [2.75, 3.05) is 0 Å². The van der Waals surface area contributed by atoms with Gasteiger partial charge in [-0.15, -0.1) is 0 Å². The smallest absolute Gasteiger partial charge is 0.223 e. The van der Waals surface area contributed by atoms with Gasteiger partial charge in [0.1, 0.15) is 5.82 Å². The summed E-state index contributed by atoms with van der Waals surface area (Å²) in [5.41, 5.74) is 3.12. The van der Waals surface area contributed by atoms with Crippen LogP contribution < -0.4 is 5.32 Å². The summed E-state index contributed by atoms with van der Waals surface area (Å²) in [6.45, 7) is 0. The number of nitrogens with zero attached hydrogens (tertiary/aromatic N) is 1. The first kappa shape index (κ1) is 14.0. The van der Waals surface area contributed by atoms with E-state index in [0.717, 1.165) is 36.1 Å². The van der Waals surface area contributed by atoms with Crippen LogP contribution in [0.5, 0.6) is 0 Å². The van der Waals surface area contributed by atoms with E-state index in [-0.39, 0.29) is 17.9 Å². The number of H-pyrrole nitrogens is 1. The van der Waals surface area contributed by atoms with Crippen LogP contribution in [0, 0.1) is 5.92 Å². The zero-order valence-corrected chi connectivity index (χ0v) is 12.8. The first-order valence-corrected chi connectivity index (χ1v) is 8.08. The average molecular weight is 305 g/mol. The summed E-state index contributed by atoms with van der Waals surface area (Å²) in [7, 11) is 0. The van der Waals surface area contributed by atoms with Gasteiger partial charge in [-0.3, -0.25) is 4.79 Å². The molecule has 4 heteroatoms. The monoisotopic (exact) mass is 305 g/mol. The van der Waals surface area contributed by atoms with Gasteiger partial charge in [0.05, 0.1) is 17.1 Å². The molecule has 116 valence electrons. The van der Waals surface area contributed by atoms with E-state index < -0.39 is 0 Å². The molecule has 1 aliphatic carbocycles. The molecule has 3 aromatic rings. The fourth-order valence-electron chi connectivity index (χ4n) is 2.84. The number of aromatic amines is 1. The minimum atomic E-state index is -0.127. The lowest BCUT2D eigenvalue weighted by molar-refractivity contribution is -0.123. The number of imidazole rings is 1. The van der Waals surface area contributed by atoms with Crippen LogP contribution in [0.25, 0.3) is 11.0 Å². The number of fused-ring (bicyclic) bond motifs is 1. The third kappa shape index (κ3) is 3.11. The van der Waals surface area contributed by atoms with Crippen molar-refractivity contribution in [3.63, 3.8) is 0 Å². The van der Waals surface area contributed by atoms with Gasteiger partial charge < -0.3 is 10.3 Å². The molecular weight excluding hydrogens is 286 g/mol. The summed E-state index contributed by atoms with van der Waals surface area (Å²) in [5, 5.41) is 3.17. The topological polar surface area (TPSA) is 57.8 Å². The Morgan fingerprint density at radius 2 is 1.87 bits per heavy atom. The third-order valence-corrected chi connectivity index (χ3v) is 4.29. The van der Waals surface area contributed by atoms with Crippen molar-refractivity contribution in [3.8, 4) is 0 Å². The quantitative estimate of drug-likeness (QED) is 0.759. The number of aromatic nitrogens is 2. The molecule has 23 heavy (non-hydrogen) atoms. The number of rotatable bonds is 5. The number of hydrogen-bond donors (Lipinski definition) is 2. The fourth-order valence-corrected chi connectivity index (χ4v) is 2.84. The van der Waals surface area contributed by atoms with E-state index in [1.54, 1.807) is 0 Å². The van der Waals surface area contributed by atoms with E-state index in [1.165, 1.54) is 5.56 Å². The molecule has 1 fully saturated rings. The number of para-hydroxylation sites is 2. The number of benzene rings is 2. The molecule has 2 aromatic carbocycles. The number of amides is 1. The molecule has 1 atom stereocenters. The average Bonchev–Trinajstić information content (AvgIpc) is 3.34. The van der Waals surface area contributed by atoms with Crippen LogP contribution in [0.3, 0.4) is 0 Å². The third-order valence-electron chi connectivity index (χ3n) is 4.29. The molecule has 1 saturated carbocycles.